The van der Waals surface area contributed by atoms with E-state index < -0.39 is 6.61 Å². The second-order valence-corrected chi connectivity index (χ2v) is 7.00. The van der Waals surface area contributed by atoms with Crippen molar-refractivity contribution < 1.29 is 23.0 Å². The van der Waals surface area contributed by atoms with Crippen molar-refractivity contribution in [3.05, 3.63) is 88.9 Å². The zero-order valence-electron chi connectivity index (χ0n) is 16.6. The Hall–Kier alpha value is -3.16. The van der Waals surface area contributed by atoms with Gasteiger partial charge in [-0.3, -0.25) is 10.1 Å². The molecule has 5 nitrogen and oxygen atoms in total. The summed E-state index contributed by atoms with van der Waals surface area (Å²) in [6.07, 6.45) is 0. The molecular formula is C23H21ClF2N2O3. The Morgan fingerprint density at radius 3 is 2.32 bits per heavy atom. The van der Waals surface area contributed by atoms with Crippen molar-refractivity contribution in [2.75, 3.05) is 19.0 Å². The first-order chi connectivity index (χ1) is 15.0. The minimum absolute atomic E-state index is 0.00941. The third-order valence-electron chi connectivity index (χ3n) is 4.47. The lowest BCUT2D eigenvalue weighted by Gasteiger charge is -2.20. The smallest absolute Gasteiger partial charge is 0.387 e. The van der Waals surface area contributed by atoms with Crippen molar-refractivity contribution in [1.29, 1.82) is 0 Å². The van der Waals surface area contributed by atoms with Crippen LogP contribution in [0.5, 0.6) is 11.5 Å². The number of methoxy groups -OCH3 is 1. The molecule has 0 fully saturated rings. The second kappa shape index (κ2) is 10.7. The zero-order valence-corrected chi connectivity index (χ0v) is 17.4. The van der Waals surface area contributed by atoms with Crippen LogP contribution in [-0.2, 0) is 4.79 Å². The molecule has 3 aromatic carbocycles. The van der Waals surface area contributed by atoms with Crippen LogP contribution < -0.4 is 20.1 Å². The number of hydrogen-bond donors (Lipinski definition) is 2. The number of nitrogens with one attached hydrogen (secondary N) is 2. The van der Waals surface area contributed by atoms with Crippen LogP contribution >= 0.6 is 11.6 Å². The summed E-state index contributed by atoms with van der Waals surface area (Å²) in [6.45, 7) is -2.90. The summed E-state index contributed by atoms with van der Waals surface area (Å²) in [6, 6.07) is 20.4. The van der Waals surface area contributed by atoms with Crippen LogP contribution in [0.4, 0.5) is 14.5 Å². The normalized spacial score (nSPS) is 11.8. The lowest BCUT2D eigenvalue weighted by atomic mass is 9.98. The van der Waals surface area contributed by atoms with E-state index in [4.69, 9.17) is 16.3 Å². The Bertz CT molecular complexity index is 1000. The number of ether oxygens (including phenoxy) is 2. The highest BCUT2D eigenvalue weighted by Crippen LogP contribution is 2.28. The van der Waals surface area contributed by atoms with Crippen LogP contribution in [0.25, 0.3) is 0 Å². The maximum Gasteiger partial charge on any atom is 0.387 e. The molecule has 0 saturated heterocycles. The van der Waals surface area contributed by atoms with E-state index in [1.165, 1.54) is 19.2 Å². The molecule has 0 aromatic heterocycles. The minimum atomic E-state index is -2.89. The topological polar surface area (TPSA) is 59.6 Å². The van der Waals surface area contributed by atoms with Crippen LogP contribution in [0.15, 0.2) is 72.8 Å². The van der Waals surface area contributed by atoms with Crippen molar-refractivity contribution in [3.63, 3.8) is 0 Å². The number of carbonyl (C=O) groups is 1. The molecule has 3 rings (SSSR count). The highest BCUT2D eigenvalue weighted by atomic mass is 35.5. The number of anilines is 1. The minimum Gasteiger partial charge on any atom is -0.495 e. The summed E-state index contributed by atoms with van der Waals surface area (Å²) in [5, 5.41) is 6.46. The fourth-order valence-corrected chi connectivity index (χ4v) is 3.25. The van der Waals surface area contributed by atoms with E-state index in [1.54, 1.807) is 30.3 Å². The maximum atomic E-state index is 12.6. The SMILES string of the molecule is COc1ccc(Cl)cc1NC(=O)CNC(c1ccccc1)c1ccc(OC(F)F)cc1. The Morgan fingerprint density at radius 1 is 1.00 bits per heavy atom. The van der Waals surface area contributed by atoms with Gasteiger partial charge < -0.3 is 14.8 Å². The molecule has 0 heterocycles. The lowest BCUT2D eigenvalue weighted by molar-refractivity contribution is -0.115. The van der Waals surface area contributed by atoms with E-state index in [0.29, 0.717) is 16.5 Å². The summed E-state index contributed by atoms with van der Waals surface area (Å²) in [5.74, 6) is 0.266. The highest BCUT2D eigenvalue weighted by Gasteiger charge is 2.16. The maximum absolute atomic E-state index is 12.6. The van der Waals surface area contributed by atoms with Crippen LogP contribution in [0, 0.1) is 0 Å². The first-order valence-electron chi connectivity index (χ1n) is 9.42. The number of amides is 1. The standard InChI is InChI=1S/C23H21ClF2N2O3/c1-30-20-12-9-17(24)13-19(20)28-21(29)14-27-22(15-5-3-2-4-6-15)16-7-10-18(11-8-16)31-23(25)26/h2-13,22-23,27H,14H2,1H3,(H,28,29). The van der Waals surface area contributed by atoms with Crippen molar-refractivity contribution in [2.45, 2.75) is 12.7 Å². The molecule has 8 heteroatoms. The van der Waals surface area contributed by atoms with Gasteiger partial charge in [-0.05, 0) is 41.5 Å². The van der Waals surface area contributed by atoms with Crippen molar-refractivity contribution >= 4 is 23.2 Å². The number of alkyl halides is 2. The lowest BCUT2D eigenvalue weighted by Crippen LogP contribution is -2.32. The average molecular weight is 447 g/mol. The van der Waals surface area contributed by atoms with Crippen molar-refractivity contribution in [3.8, 4) is 11.5 Å². The van der Waals surface area contributed by atoms with Gasteiger partial charge in [-0.1, -0.05) is 54.1 Å². The quantitative estimate of drug-likeness (QED) is 0.470. The first-order valence-corrected chi connectivity index (χ1v) is 9.80. The van der Waals surface area contributed by atoms with Gasteiger partial charge in [-0.25, -0.2) is 0 Å². The van der Waals surface area contributed by atoms with Gasteiger partial charge in [0.2, 0.25) is 5.91 Å². The summed E-state index contributed by atoms with van der Waals surface area (Å²) in [4.78, 5) is 12.6. The molecule has 0 spiro atoms. The molecule has 0 saturated carbocycles. The zero-order chi connectivity index (χ0) is 22.2. The average Bonchev–Trinajstić information content (AvgIpc) is 2.75. The fourth-order valence-electron chi connectivity index (χ4n) is 3.08. The molecular weight excluding hydrogens is 426 g/mol. The first kappa shape index (κ1) is 22.5. The molecule has 0 aliphatic carbocycles. The molecule has 0 radical (unpaired) electrons. The van der Waals surface area contributed by atoms with Gasteiger partial charge in [0.1, 0.15) is 11.5 Å². The predicted molar refractivity (Wildman–Crippen MR) is 116 cm³/mol. The summed E-state index contributed by atoms with van der Waals surface area (Å²) >= 11 is 6.01. The summed E-state index contributed by atoms with van der Waals surface area (Å²) in [7, 11) is 1.50. The van der Waals surface area contributed by atoms with Crippen molar-refractivity contribution in [2.24, 2.45) is 0 Å². The molecule has 1 atom stereocenters. The largest absolute Gasteiger partial charge is 0.495 e. The van der Waals surface area contributed by atoms with Gasteiger partial charge >= 0.3 is 6.61 Å². The van der Waals surface area contributed by atoms with Crippen LogP contribution in [0.3, 0.4) is 0 Å². The predicted octanol–water partition coefficient (Wildman–Crippen LogP) is 5.27. The van der Waals surface area contributed by atoms with Gasteiger partial charge in [-0.15, -0.1) is 0 Å². The Balaban J connectivity index is 1.74. The molecule has 1 unspecified atom stereocenters. The number of halogens is 3. The van der Waals surface area contributed by atoms with E-state index in [0.717, 1.165) is 11.1 Å². The van der Waals surface area contributed by atoms with Gasteiger partial charge in [0, 0.05) is 5.02 Å². The van der Waals surface area contributed by atoms with Gasteiger partial charge in [-0.2, -0.15) is 8.78 Å². The Labute approximate surface area is 183 Å². The van der Waals surface area contributed by atoms with E-state index >= 15 is 0 Å². The third-order valence-corrected chi connectivity index (χ3v) is 4.71. The Kier molecular flexibility index (Phi) is 7.81. The molecule has 0 aliphatic heterocycles. The number of carbonyl (C=O) groups excluding carboxylic acids is 1. The number of rotatable bonds is 9. The van der Waals surface area contributed by atoms with Gasteiger partial charge in [0.25, 0.3) is 0 Å². The van der Waals surface area contributed by atoms with E-state index in [2.05, 4.69) is 15.4 Å². The van der Waals surface area contributed by atoms with E-state index in [1.807, 2.05) is 30.3 Å². The van der Waals surface area contributed by atoms with Crippen LogP contribution in [0.1, 0.15) is 17.2 Å². The molecule has 2 N–H and O–H groups in total. The number of hydrogen-bond acceptors (Lipinski definition) is 4. The number of benzene rings is 3. The fraction of sp³-hybridized carbons (Fsp3) is 0.174. The van der Waals surface area contributed by atoms with Gasteiger partial charge in [0.15, 0.2) is 0 Å². The molecule has 1 amide bonds. The molecule has 0 aliphatic rings. The molecule has 31 heavy (non-hydrogen) atoms. The van der Waals surface area contributed by atoms with Gasteiger partial charge in [0.05, 0.1) is 25.4 Å². The summed E-state index contributed by atoms with van der Waals surface area (Å²) < 4.78 is 34.5. The Morgan fingerprint density at radius 2 is 1.68 bits per heavy atom. The van der Waals surface area contributed by atoms with Crippen molar-refractivity contribution in [1.82, 2.24) is 5.32 Å². The molecule has 3 aromatic rings. The third kappa shape index (κ3) is 6.41. The molecule has 0 bridgehead atoms. The second-order valence-electron chi connectivity index (χ2n) is 6.56. The van der Waals surface area contributed by atoms with E-state index in [9.17, 15) is 13.6 Å². The van der Waals surface area contributed by atoms with Crippen LogP contribution in [-0.4, -0.2) is 26.2 Å². The van der Waals surface area contributed by atoms with E-state index in [-0.39, 0.29) is 24.2 Å². The highest BCUT2D eigenvalue weighted by molar-refractivity contribution is 6.31. The van der Waals surface area contributed by atoms with Crippen LogP contribution in [0.2, 0.25) is 5.02 Å². The monoisotopic (exact) mass is 446 g/mol. The molecule has 162 valence electrons. The summed E-state index contributed by atoms with van der Waals surface area (Å²) in [5.41, 5.74) is 2.17.